The predicted molar refractivity (Wildman–Crippen MR) is 442 cm³/mol. The van der Waals surface area contributed by atoms with E-state index < -0.39 is 76.7 Å². The number of amides is 3. The maximum Gasteiger partial charge on any atom is 0.357 e. The summed E-state index contributed by atoms with van der Waals surface area (Å²) in [6.45, 7) is 38.7. The number of rotatable bonds is 37. The number of aromatic nitrogens is 3. The van der Waals surface area contributed by atoms with E-state index in [1.807, 2.05) is 109 Å². The fraction of sp³-hybridized carbons (Fsp3) is 0.783. The largest absolute Gasteiger partial charge is 0.480 e. The molecular weight excluding hydrogens is 1490 g/mol. The summed E-state index contributed by atoms with van der Waals surface area (Å²) in [5.41, 5.74) is 4.99. The van der Waals surface area contributed by atoms with Gasteiger partial charge in [-0.05, 0) is 176 Å². The van der Waals surface area contributed by atoms with E-state index in [2.05, 4.69) is 38.6 Å². The molecule has 3 aromatic rings. The molecule has 638 valence electrons. The van der Waals surface area contributed by atoms with Crippen LogP contribution in [-0.2, 0) is 43.0 Å². The first-order chi connectivity index (χ1) is 52.4. The third-order valence-corrected chi connectivity index (χ3v) is 27.0. The number of aliphatic hydroxyl groups is 3. The Hall–Kier alpha value is -5.76. The third kappa shape index (κ3) is 27.7. The number of hydrogen-bond donors (Lipinski definition) is 5. The number of esters is 3. The quantitative estimate of drug-likeness (QED) is 0.0264. The Balaban J connectivity index is 0.000000410. The number of likely N-dealkylation sites (tertiary alicyclic amines) is 3. The summed E-state index contributed by atoms with van der Waals surface area (Å²) in [6.07, 6.45) is 9.87. The molecule has 3 fully saturated rings. The van der Waals surface area contributed by atoms with Crippen LogP contribution in [0.3, 0.4) is 0 Å². The smallest absolute Gasteiger partial charge is 0.357 e. The summed E-state index contributed by atoms with van der Waals surface area (Å²) < 4.78 is 14.9. The fourth-order valence-electron chi connectivity index (χ4n) is 14.8. The number of ether oxygens (including phenoxy) is 3. The lowest BCUT2D eigenvalue weighted by atomic mass is 9.77. The number of thiazole rings is 3. The molecule has 0 aliphatic carbocycles. The number of nitrogens with zero attached hydrogens (tertiary/aromatic N) is 9. The monoisotopic (exact) mass is 1630 g/mol. The zero-order valence-electron chi connectivity index (χ0n) is 72.2. The van der Waals surface area contributed by atoms with Gasteiger partial charge in [0.05, 0.1) is 36.9 Å². The van der Waals surface area contributed by atoms with E-state index in [1.54, 1.807) is 79.7 Å². The number of Topliss-reactive ketones (excluding diaryl/α,β-unsaturated/α-hetero) is 2. The zero-order chi connectivity index (χ0) is 85.0. The average molecular weight is 1630 g/mol. The van der Waals surface area contributed by atoms with Gasteiger partial charge in [-0.25, -0.2) is 29.3 Å². The van der Waals surface area contributed by atoms with Gasteiger partial charge in [0.25, 0.3) is 0 Å². The molecule has 3 saturated heterocycles. The first kappa shape index (κ1) is 100. The number of likely N-dealkylation sites (N-methyl/N-ethyl adjacent to an activating group) is 4. The number of ketones is 2. The second kappa shape index (κ2) is 47.5. The number of carbonyl (C=O) groups excluding carboxylic acids is 8. The number of nitrogens with two attached hydrogens (primary N) is 1. The van der Waals surface area contributed by atoms with E-state index in [0.717, 1.165) is 96.7 Å². The number of carbonyl (C=O) groups is 9. The van der Waals surface area contributed by atoms with Gasteiger partial charge in [-0.3, -0.25) is 43.5 Å². The number of aliphatic hydroxyl groups excluding tert-OH is 3. The number of carboxylic acids is 1. The Morgan fingerprint density at radius 3 is 0.955 bits per heavy atom. The fourth-order valence-corrected chi connectivity index (χ4v) is 17.2. The summed E-state index contributed by atoms with van der Waals surface area (Å²) >= 11 is 3.63. The van der Waals surface area contributed by atoms with Crippen molar-refractivity contribution in [2.24, 2.45) is 53.1 Å². The van der Waals surface area contributed by atoms with Crippen LogP contribution in [0.5, 0.6) is 0 Å². The van der Waals surface area contributed by atoms with Crippen molar-refractivity contribution in [2.75, 3.05) is 81.7 Å². The van der Waals surface area contributed by atoms with Gasteiger partial charge < -0.3 is 55.1 Å². The Kier molecular flexibility index (Phi) is 42.5. The summed E-state index contributed by atoms with van der Waals surface area (Å²) in [5.74, 6) is -2.53. The summed E-state index contributed by atoms with van der Waals surface area (Å²) in [4.78, 5) is 138. The molecule has 0 aromatic carbocycles. The van der Waals surface area contributed by atoms with E-state index in [4.69, 9.17) is 25.1 Å². The molecule has 0 saturated carbocycles. The van der Waals surface area contributed by atoms with Gasteiger partial charge in [-0.2, -0.15) is 0 Å². The van der Waals surface area contributed by atoms with Gasteiger partial charge >= 0.3 is 23.9 Å². The highest BCUT2D eigenvalue weighted by molar-refractivity contribution is 7.10. The van der Waals surface area contributed by atoms with Crippen LogP contribution in [0.25, 0.3) is 0 Å². The summed E-state index contributed by atoms with van der Waals surface area (Å²) in [5, 5.41) is 47.5. The first-order valence-corrected chi connectivity index (χ1v) is 43.5. The van der Waals surface area contributed by atoms with Gasteiger partial charge in [0.1, 0.15) is 38.9 Å². The molecule has 112 heavy (non-hydrogen) atoms. The first-order valence-electron chi connectivity index (χ1n) is 40.9. The van der Waals surface area contributed by atoms with Crippen LogP contribution in [0, 0.1) is 47.3 Å². The highest BCUT2D eigenvalue weighted by atomic mass is 32.1. The molecular formula is C83H142N10O16S3. The second-order valence-corrected chi connectivity index (χ2v) is 35.5. The van der Waals surface area contributed by atoms with E-state index in [-0.39, 0.29) is 146 Å². The Morgan fingerprint density at radius 2 is 0.723 bits per heavy atom. The molecule has 0 spiro atoms. The van der Waals surface area contributed by atoms with Crippen LogP contribution in [0.2, 0.25) is 0 Å². The highest BCUT2D eigenvalue weighted by Gasteiger charge is 2.46. The molecule has 26 nitrogen and oxygen atoms in total. The number of aliphatic carboxylic acids is 1. The molecule has 3 aromatic heterocycles. The Labute approximate surface area is 681 Å². The molecule has 3 amide bonds. The Morgan fingerprint density at radius 1 is 0.455 bits per heavy atom. The molecule has 3 aliphatic heterocycles. The van der Waals surface area contributed by atoms with Crippen molar-refractivity contribution >= 4 is 87.2 Å². The minimum atomic E-state index is -0.922. The van der Waals surface area contributed by atoms with Crippen molar-refractivity contribution in [3.8, 4) is 0 Å². The van der Waals surface area contributed by atoms with Crippen LogP contribution in [-0.4, -0.2) is 240 Å². The molecule has 0 radical (unpaired) electrons. The van der Waals surface area contributed by atoms with Crippen molar-refractivity contribution in [3.05, 3.63) is 48.2 Å². The summed E-state index contributed by atoms with van der Waals surface area (Å²) in [7, 11) is 11.2. The minimum Gasteiger partial charge on any atom is -0.480 e. The van der Waals surface area contributed by atoms with Crippen molar-refractivity contribution in [3.63, 3.8) is 0 Å². The lowest BCUT2D eigenvalue weighted by Crippen LogP contribution is -2.54. The maximum atomic E-state index is 13.9. The van der Waals surface area contributed by atoms with Crippen molar-refractivity contribution < 1.29 is 77.8 Å². The number of hydrogen-bond acceptors (Lipinski definition) is 25. The van der Waals surface area contributed by atoms with Crippen LogP contribution in [0.1, 0.15) is 299 Å². The molecule has 15 atom stereocenters. The molecule has 1 unspecified atom stereocenters. The molecule has 3 aliphatic rings. The van der Waals surface area contributed by atoms with Gasteiger partial charge in [0.2, 0.25) is 17.7 Å². The van der Waals surface area contributed by atoms with Crippen molar-refractivity contribution in [2.45, 2.75) is 293 Å². The lowest BCUT2D eigenvalue weighted by Gasteiger charge is -2.43. The number of carboxylic acid groups (broad SMARTS) is 1. The summed E-state index contributed by atoms with van der Waals surface area (Å²) in [6, 6.07) is -1.27. The van der Waals surface area contributed by atoms with E-state index in [0.29, 0.717) is 21.4 Å². The Bertz CT molecular complexity index is 3290. The van der Waals surface area contributed by atoms with Crippen LogP contribution >= 0.6 is 34.0 Å². The second-order valence-electron chi connectivity index (χ2n) is 32.8. The SMILES string of the molecule is CCOC(=O)c1csc([C@H](O)C[C@H](C(C)C)N(C)C(=O)[C@@H](CC(=O)[C@@]2(C)CCCCN2C)[C@@H](C)CC)n1.CCOC(=O)c1csc([C@H](O)C[C@H](C(C)C)N(C)C(=O)[C@@H](CC(=O)[C@]2(C)CCCCN2C)[C@@H](C)CC)n1.CCOC(=O)c1csc([C@H](O)C[C@H](C(C)C)N(C)C(=O)[C@@H](N)[C@@H](C)CC)n1.CN1CCCCC1(C)C(=O)O. The standard InChI is InChI=1S/2C28H47N3O5S.C19H33N3O4S.C8H15NO2/c2*1-9-19(5)20(15-24(33)28(6)13-11-12-14-30(28)7)26(34)31(8)22(18(3)4)16-23(32)25-29-21(17-37-25)27(35)36-10-2;1-7-12(5)16(20)18(24)22(6)14(11(3)4)9-15(23)17-21-13(10-27-17)19(25)26-8-2;1-8(7(10)11)5-3-4-6-9(8)2/h2*17-20,22-23,32H,9-16H2,1-8H3;10-12,14-16,23H,7-9,20H2,1-6H3;3-6H2,1-2H3,(H,10,11)/t19-,20-,22+,23+,28+;19-,20-,22+,23+,28-;12-,14+,15+,16-;/m000./s1. The minimum absolute atomic E-state index is 0.0537. The normalized spacial score (nSPS) is 21.5. The molecule has 6 rings (SSSR count). The zero-order valence-corrected chi connectivity index (χ0v) is 74.6. The van der Waals surface area contributed by atoms with E-state index in [9.17, 15) is 58.5 Å². The van der Waals surface area contributed by atoms with Crippen LogP contribution in [0.4, 0.5) is 0 Å². The van der Waals surface area contributed by atoms with Crippen LogP contribution < -0.4 is 5.73 Å². The van der Waals surface area contributed by atoms with Gasteiger partial charge in [0, 0.05) is 99.3 Å². The predicted octanol–water partition coefficient (Wildman–Crippen LogP) is 13.0. The van der Waals surface area contributed by atoms with Crippen molar-refractivity contribution in [1.82, 2.24) is 44.4 Å². The van der Waals surface area contributed by atoms with Crippen LogP contribution in [0.15, 0.2) is 16.1 Å². The molecule has 0 bridgehead atoms. The molecule has 6 N–H and O–H groups in total. The maximum absolute atomic E-state index is 13.9. The average Bonchev–Trinajstić information content (AvgIpc) is 1.29. The topological polar surface area (TPSA) is 346 Å². The molecule has 29 heteroatoms. The lowest BCUT2D eigenvalue weighted by molar-refractivity contribution is -0.151. The number of piperidine rings is 3. The van der Waals surface area contributed by atoms with Gasteiger partial charge in [0.15, 0.2) is 28.6 Å². The van der Waals surface area contributed by atoms with E-state index in [1.165, 1.54) is 34.0 Å². The van der Waals surface area contributed by atoms with Gasteiger partial charge in [-0.15, -0.1) is 34.0 Å². The van der Waals surface area contributed by atoms with Gasteiger partial charge in [-0.1, -0.05) is 102 Å². The van der Waals surface area contributed by atoms with Crippen molar-refractivity contribution in [1.29, 1.82) is 0 Å². The van der Waals surface area contributed by atoms with E-state index >= 15 is 0 Å². The third-order valence-electron chi connectivity index (χ3n) is 24.2. The molecule has 6 heterocycles. The highest BCUT2D eigenvalue weighted by Crippen LogP contribution is 2.38.